The molecule has 0 aromatic carbocycles. The van der Waals surface area contributed by atoms with Gasteiger partial charge in [0.1, 0.15) is 5.01 Å². The summed E-state index contributed by atoms with van der Waals surface area (Å²) in [7, 11) is 0. The van der Waals surface area contributed by atoms with Crippen molar-refractivity contribution in [1.29, 1.82) is 0 Å². The minimum Gasteiger partial charge on any atom is -0.360 e. The van der Waals surface area contributed by atoms with E-state index in [9.17, 15) is 0 Å². The van der Waals surface area contributed by atoms with Gasteiger partial charge in [-0.2, -0.15) is 0 Å². The lowest BCUT2D eigenvalue weighted by Gasteiger charge is -1.95. The summed E-state index contributed by atoms with van der Waals surface area (Å²) in [5.41, 5.74) is 5.60. The number of nitrogens with one attached hydrogen (secondary N) is 1. The van der Waals surface area contributed by atoms with Crippen molar-refractivity contribution in [2.75, 3.05) is 11.9 Å². The van der Waals surface area contributed by atoms with Crippen molar-refractivity contribution in [3.63, 3.8) is 0 Å². The van der Waals surface area contributed by atoms with Gasteiger partial charge in [0.15, 0.2) is 0 Å². The summed E-state index contributed by atoms with van der Waals surface area (Å²) < 4.78 is 0. The Bertz CT molecular complexity index is 220. The van der Waals surface area contributed by atoms with Crippen molar-refractivity contribution >= 4 is 16.5 Å². The van der Waals surface area contributed by atoms with Crippen LogP contribution in [0.15, 0.2) is 0 Å². The average Bonchev–Trinajstić information content (AvgIpc) is 2.37. The minimum absolute atomic E-state index is 0.0140. The van der Waals surface area contributed by atoms with Crippen molar-refractivity contribution in [3.8, 4) is 0 Å². The molecule has 0 fully saturated rings. The number of rotatable bonds is 3. The molecule has 11 heavy (non-hydrogen) atoms. The molecule has 62 valence electrons. The zero-order valence-corrected chi connectivity index (χ0v) is 7.48. The zero-order chi connectivity index (χ0) is 8.27. The molecule has 0 saturated heterocycles. The van der Waals surface area contributed by atoms with E-state index in [0.717, 1.165) is 16.7 Å². The number of hydrogen-bond acceptors (Lipinski definition) is 5. The van der Waals surface area contributed by atoms with E-state index in [2.05, 4.69) is 15.5 Å². The first kappa shape index (κ1) is 8.42. The summed E-state index contributed by atoms with van der Waals surface area (Å²) >= 11 is 1.51. The largest absolute Gasteiger partial charge is 0.360 e. The van der Waals surface area contributed by atoms with Crippen LogP contribution in [0.4, 0.5) is 5.13 Å². The fourth-order valence-electron chi connectivity index (χ4n) is 0.641. The Morgan fingerprint density at radius 2 is 2.36 bits per heavy atom. The van der Waals surface area contributed by atoms with E-state index in [-0.39, 0.29) is 6.04 Å². The maximum Gasteiger partial charge on any atom is 0.205 e. The highest BCUT2D eigenvalue weighted by Gasteiger charge is 2.05. The molecule has 3 N–H and O–H groups in total. The Balaban J connectivity index is 2.66. The standard InChI is InChI=1S/C6H12N4S/c1-3-8-6-10-9-5(11-6)4(2)7/h4H,3,7H2,1-2H3,(H,8,10). The zero-order valence-electron chi connectivity index (χ0n) is 6.66. The van der Waals surface area contributed by atoms with Crippen LogP contribution in [0.2, 0.25) is 0 Å². The lowest BCUT2D eigenvalue weighted by Crippen LogP contribution is -2.03. The third-order valence-electron chi connectivity index (χ3n) is 1.16. The van der Waals surface area contributed by atoms with Crippen LogP contribution in [0, 0.1) is 0 Å². The fraction of sp³-hybridized carbons (Fsp3) is 0.667. The van der Waals surface area contributed by atoms with Gasteiger partial charge in [-0.05, 0) is 13.8 Å². The second-order valence-electron chi connectivity index (χ2n) is 2.26. The van der Waals surface area contributed by atoms with Gasteiger partial charge in [0.05, 0.1) is 6.04 Å². The normalized spacial score (nSPS) is 13.0. The van der Waals surface area contributed by atoms with Crippen LogP contribution in [0.25, 0.3) is 0 Å². The minimum atomic E-state index is -0.0140. The summed E-state index contributed by atoms with van der Waals surface area (Å²) in [5, 5.41) is 12.6. The van der Waals surface area contributed by atoms with Crippen molar-refractivity contribution in [2.45, 2.75) is 19.9 Å². The summed E-state index contributed by atoms with van der Waals surface area (Å²) in [4.78, 5) is 0. The number of anilines is 1. The smallest absolute Gasteiger partial charge is 0.205 e. The Morgan fingerprint density at radius 1 is 1.64 bits per heavy atom. The molecule has 1 aromatic rings. The van der Waals surface area contributed by atoms with E-state index in [0.29, 0.717) is 0 Å². The van der Waals surface area contributed by atoms with Gasteiger partial charge in [-0.25, -0.2) is 0 Å². The van der Waals surface area contributed by atoms with Crippen molar-refractivity contribution < 1.29 is 0 Å². The van der Waals surface area contributed by atoms with E-state index in [4.69, 9.17) is 5.73 Å². The van der Waals surface area contributed by atoms with Crippen molar-refractivity contribution in [3.05, 3.63) is 5.01 Å². The molecule has 4 nitrogen and oxygen atoms in total. The molecule has 5 heteroatoms. The van der Waals surface area contributed by atoms with Gasteiger partial charge in [-0.1, -0.05) is 11.3 Å². The van der Waals surface area contributed by atoms with Gasteiger partial charge < -0.3 is 11.1 Å². The molecule has 1 heterocycles. The molecular formula is C6H12N4S. The fourth-order valence-corrected chi connectivity index (χ4v) is 1.41. The Morgan fingerprint density at radius 3 is 2.82 bits per heavy atom. The summed E-state index contributed by atoms with van der Waals surface area (Å²) in [6.45, 7) is 4.79. The van der Waals surface area contributed by atoms with Crippen LogP contribution in [0.5, 0.6) is 0 Å². The first-order valence-corrected chi connectivity index (χ1v) is 4.38. The van der Waals surface area contributed by atoms with Crippen molar-refractivity contribution in [1.82, 2.24) is 10.2 Å². The summed E-state index contributed by atoms with van der Waals surface area (Å²) in [6, 6.07) is -0.0140. The highest BCUT2D eigenvalue weighted by molar-refractivity contribution is 7.15. The Hall–Kier alpha value is -0.680. The topological polar surface area (TPSA) is 63.8 Å². The van der Waals surface area contributed by atoms with E-state index in [1.54, 1.807) is 0 Å². The van der Waals surface area contributed by atoms with E-state index >= 15 is 0 Å². The predicted molar refractivity (Wildman–Crippen MR) is 46.7 cm³/mol. The Labute approximate surface area is 69.8 Å². The van der Waals surface area contributed by atoms with E-state index < -0.39 is 0 Å². The summed E-state index contributed by atoms with van der Waals surface area (Å²) in [6.07, 6.45) is 0. The SMILES string of the molecule is CCNc1nnc(C(C)N)s1. The third kappa shape index (κ3) is 2.13. The predicted octanol–water partition coefficient (Wildman–Crippen LogP) is 0.990. The second-order valence-corrected chi connectivity index (χ2v) is 3.27. The molecule has 0 aliphatic carbocycles. The van der Waals surface area contributed by atoms with Gasteiger partial charge in [-0.3, -0.25) is 0 Å². The highest BCUT2D eigenvalue weighted by Crippen LogP contribution is 2.18. The number of nitrogens with two attached hydrogens (primary N) is 1. The second kappa shape index (κ2) is 3.64. The lowest BCUT2D eigenvalue weighted by atomic mass is 10.4. The first-order chi connectivity index (χ1) is 5.24. The Kier molecular flexibility index (Phi) is 2.78. The molecule has 0 bridgehead atoms. The van der Waals surface area contributed by atoms with E-state index in [1.807, 2.05) is 13.8 Å². The van der Waals surface area contributed by atoms with Gasteiger partial charge in [0, 0.05) is 6.54 Å². The van der Waals surface area contributed by atoms with Crippen LogP contribution in [-0.2, 0) is 0 Å². The van der Waals surface area contributed by atoms with Crippen LogP contribution < -0.4 is 11.1 Å². The number of aromatic nitrogens is 2. The molecule has 0 aliphatic heterocycles. The molecule has 0 radical (unpaired) electrons. The molecule has 0 amide bonds. The quantitative estimate of drug-likeness (QED) is 0.713. The first-order valence-electron chi connectivity index (χ1n) is 3.57. The maximum atomic E-state index is 5.60. The van der Waals surface area contributed by atoms with Gasteiger partial charge >= 0.3 is 0 Å². The molecule has 1 atom stereocenters. The average molecular weight is 172 g/mol. The van der Waals surface area contributed by atoms with Gasteiger partial charge in [0.25, 0.3) is 0 Å². The molecule has 1 rings (SSSR count). The molecule has 0 spiro atoms. The molecule has 0 saturated carbocycles. The van der Waals surface area contributed by atoms with Gasteiger partial charge in [-0.15, -0.1) is 10.2 Å². The monoisotopic (exact) mass is 172 g/mol. The lowest BCUT2D eigenvalue weighted by molar-refractivity contribution is 0.786. The third-order valence-corrected chi connectivity index (χ3v) is 2.24. The molecule has 0 aliphatic rings. The molecule has 1 aromatic heterocycles. The van der Waals surface area contributed by atoms with Crippen LogP contribution >= 0.6 is 11.3 Å². The number of hydrogen-bond donors (Lipinski definition) is 2. The highest BCUT2D eigenvalue weighted by atomic mass is 32.1. The number of nitrogens with zero attached hydrogens (tertiary/aromatic N) is 2. The van der Waals surface area contributed by atoms with Crippen LogP contribution in [0.3, 0.4) is 0 Å². The van der Waals surface area contributed by atoms with Crippen molar-refractivity contribution in [2.24, 2.45) is 5.73 Å². The van der Waals surface area contributed by atoms with Crippen LogP contribution in [-0.4, -0.2) is 16.7 Å². The summed E-state index contributed by atoms with van der Waals surface area (Å²) in [5.74, 6) is 0. The van der Waals surface area contributed by atoms with E-state index in [1.165, 1.54) is 11.3 Å². The maximum absolute atomic E-state index is 5.60. The van der Waals surface area contributed by atoms with Gasteiger partial charge in [0.2, 0.25) is 5.13 Å². The molecule has 1 unspecified atom stereocenters. The van der Waals surface area contributed by atoms with Crippen LogP contribution in [0.1, 0.15) is 24.9 Å². The molecular weight excluding hydrogens is 160 g/mol.